The van der Waals surface area contributed by atoms with Crippen molar-refractivity contribution in [1.82, 2.24) is 20.2 Å². The predicted octanol–water partition coefficient (Wildman–Crippen LogP) is 3.78. The van der Waals surface area contributed by atoms with Crippen LogP contribution < -0.4 is 10.6 Å². The molecule has 2 atom stereocenters. The number of imidazole rings is 1. The van der Waals surface area contributed by atoms with E-state index in [-0.39, 0.29) is 42.8 Å². The zero-order chi connectivity index (χ0) is 16.4. The molecule has 2 N–H and O–H groups in total. The monoisotopic (exact) mass is 386 g/mol. The lowest BCUT2D eigenvalue weighted by molar-refractivity contribution is -0.124. The Kier molecular flexibility index (Phi) is 8.19. The Morgan fingerprint density at radius 1 is 1.24 bits per heavy atom. The number of hydrogen-bond donors (Lipinski definition) is 2. The molecule has 1 aliphatic rings. The Morgan fingerprint density at radius 2 is 1.96 bits per heavy atom. The molecule has 0 aliphatic carbocycles. The summed E-state index contributed by atoms with van der Waals surface area (Å²) in [6.07, 6.45) is 3.19. The molecule has 1 saturated heterocycles. The quantitative estimate of drug-likeness (QED) is 0.840. The number of carbonyl (C=O) groups excluding carboxylic acids is 1. The third-order valence-corrected chi connectivity index (χ3v) is 4.51. The highest BCUT2D eigenvalue weighted by molar-refractivity contribution is 5.85. The van der Waals surface area contributed by atoms with Crippen molar-refractivity contribution in [3.05, 3.63) is 30.1 Å². The molecule has 0 spiro atoms. The summed E-state index contributed by atoms with van der Waals surface area (Å²) >= 11 is 0. The number of amides is 1. The summed E-state index contributed by atoms with van der Waals surface area (Å²) in [4.78, 5) is 17.2. The maximum Gasteiger partial charge on any atom is 0.237 e. The first-order valence-corrected chi connectivity index (χ1v) is 8.58. The molecule has 0 saturated carbocycles. The molecule has 7 heteroatoms. The number of carbonyl (C=O) groups is 1. The minimum atomic E-state index is -0.110. The number of hydrogen-bond acceptors (Lipinski definition) is 3. The topological polar surface area (TPSA) is 59.0 Å². The van der Waals surface area contributed by atoms with Gasteiger partial charge in [-0.05, 0) is 52.3 Å². The minimum absolute atomic E-state index is 0. The molecule has 1 amide bonds. The van der Waals surface area contributed by atoms with Gasteiger partial charge in [0.05, 0.1) is 23.1 Å². The number of fused-ring (bicyclic) bond motifs is 1. The number of benzene rings is 1. The van der Waals surface area contributed by atoms with E-state index in [0.717, 1.165) is 42.7 Å². The Labute approximate surface area is 161 Å². The standard InChI is InChI=1S/C18H26N4O.2ClH/c1-12(2)22-16-10-5-4-8-14(16)21-17(22)13(3)20-18(23)15-9-6-7-11-19-15;;/h4-5,8,10,12-13,15,19H,6-7,9,11H2,1-3H3,(H,20,23);2*1H/t13?,15-;;/m1../s1. The molecule has 1 aliphatic heterocycles. The molecule has 2 aromatic rings. The highest BCUT2D eigenvalue weighted by atomic mass is 35.5. The molecule has 5 nitrogen and oxygen atoms in total. The maximum absolute atomic E-state index is 12.5. The summed E-state index contributed by atoms with van der Waals surface area (Å²) in [7, 11) is 0. The lowest BCUT2D eigenvalue weighted by Gasteiger charge is -2.25. The molecule has 1 unspecified atom stereocenters. The van der Waals surface area contributed by atoms with Gasteiger partial charge < -0.3 is 15.2 Å². The van der Waals surface area contributed by atoms with Crippen molar-refractivity contribution in [2.75, 3.05) is 6.54 Å². The number of piperidine rings is 1. The summed E-state index contributed by atoms with van der Waals surface area (Å²) in [6, 6.07) is 8.26. The first kappa shape index (κ1) is 21.7. The zero-order valence-electron chi connectivity index (χ0n) is 15.0. The Hall–Kier alpha value is -1.30. The number of rotatable bonds is 4. The number of aromatic nitrogens is 2. The van der Waals surface area contributed by atoms with Gasteiger partial charge in [0.1, 0.15) is 5.82 Å². The molecular weight excluding hydrogens is 359 g/mol. The highest BCUT2D eigenvalue weighted by Crippen LogP contribution is 2.25. The largest absolute Gasteiger partial charge is 0.345 e. The average molecular weight is 387 g/mol. The van der Waals surface area contributed by atoms with Crippen LogP contribution in [0.15, 0.2) is 24.3 Å². The summed E-state index contributed by atoms with van der Waals surface area (Å²) < 4.78 is 2.22. The number of nitrogens with zero attached hydrogens (tertiary/aromatic N) is 2. The fourth-order valence-corrected chi connectivity index (χ4v) is 3.37. The molecular formula is C18H28Cl2N4O. The van der Waals surface area contributed by atoms with Crippen molar-refractivity contribution < 1.29 is 4.79 Å². The highest BCUT2D eigenvalue weighted by Gasteiger charge is 2.25. The third kappa shape index (κ3) is 4.66. The van der Waals surface area contributed by atoms with Crippen molar-refractivity contribution >= 4 is 41.8 Å². The molecule has 25 heavy (non-hydrogen) atoms. The van der Waals surface area contributed by atoms with Crippen molar-refractivity contribution in [2.45, 2.75) is 58.2 Å². The average Bonchev–Trinajstić information content (AvgIpc) is 2.95. The molecule has 1 aromatic carbocycles. The second-order valence-electron chi connectivity index (χ2n) is 6.66. The van der Waals surface area contributed by atoms with E-state index >= 15 is 0 Å². The first-order chi connectivity index (χ1) is 11.1. The van der Waals surface area contributed by atoms with Crippen molar-refractivity contribution in [3.63, 3.8) is 0 Å². The lowest BCUT2D eigenvalue weighted by atomic mass is 10.0. The molecule has 0 bridgehead atoms. The van der Waals surface area contributed by atoms with Crippen LogP contribution in [0.1, 0.15) is 57.9 Å². The van der Waals surface area contributed by atoms with Crippen LogP contribution in [0.25, 0.3) is 11.0 Å². The van der Waals surface area contributed by atoms with Crippen LogP contribution in [0.2, 0.25) is 0 Å². The van der Waals surface area contributed by atoms with Gasteiger partial charge in [-0.15, -0.1) is 24.8 Å². The van der Waals surface area contributed by atoms with Crippen molar-refractivity contribution in [1.29, 1.82) is 0 Å². The molecule has 3 rings (SSSR count). The molecule has 2 heterocycles. The Morgan fingerprint density at radius 3 is 2.60 bits per heavy atom. The van der Waals surface area contributed by atoms with E-state index in [1.807, 2.05) is 25.1 Å². The smallest absolute Gasteiger partial charge is 0.237 e. The van der Waals surface area contributed by atoms with Gasteiger partial charge in [0.25, 0.3) is 0 Å². The van der Waals surface area contributed by atoms with Gasteiger partial charge in [0.15, 0.2) is 0 Å². The normalized spacial score (nSPS) is 18.3. The van der Waals surface area contributed by atoms with Gasteiger partial charge in [0, 0.05) is 6.04 Å². The van der Waals surface area contributed by atoms with Crippen LogP contribution >= 0.6 is 24.8 Å². The molecule has 1 fully saturated rings. The van der Waals surface area contributed by atoms with E-state index in [9.17, 15) is 4.79 Å². The Bertz CT molecular complexity index is 695. The summed E-state index contributed by atoms with van der Waals surface area (Å²) in [5.74, 6) is 1.00. The zero-order valence-corrected chi connectivity index (χ0v) is 16.6. The minimum Gasteiger partial charge on any atom is -0.345 e. The molecule has 1 aromatic heterocycles. The van der Waals surface area contributed by atoms with E-state index in [1.54, 1.807) is 0 Å². The second-order valence-corrected chi connectivity index (χ2v) is 6.66. The molecule has 140 valence electrons. The van der Waals surface area contributed by atoms with Crippen LogP contribution in [-0.2, 0) is 4.79 Å². The van der Waals surface area contributed by atoms with Gasteiger partial charge >= 0.3 is 0 Å². The fraction of sp³-hybridized carbons (Fsp3) is 0.556. The van der Waals surface area contributed by atoms with Crippen molar-refractivity contribution in [3.8, 4) is 0 Å². The third-order valence-electron chi connectivity index (χ3n) is 4.51. The number of nitrogens with one attached hydrogen (secondary N) is 2. The van der Waals surface area contributed by atoms with E-state index in [1.165, 1.54) is 0 Å². The van der Waals surface area contributed by atoms with Crippen LogP contribution in [0.3, 0.4) is 0 Å². The van der Waals surface area contributed by atoms with E-state index in [0.29, 0.717) is 6.04 Å². The van der Waals surface area contributed by atoms with Crippen LogP contribution in [0.4, 0.5) is 0 Å². The summed E-state index contributed by atoms with van der Waals surface area (Å²) in [6.45, 7) is 7.24. The number of para-hydroxylation sites is 2. The van der Waals surface area contributed by atoms with Crippen LogP contribution in [0.5, 0.6) is 0 Å². The first-order valence-electron chi connectivity index (χ1n) is 8.58. The lowest BCUT2D eigenvalue weighted by Crippen LogP contribution is -2.47. The molecule has 0 radical (unpaired) electrons. The van der Waals surface area contributed by atoms with Crippen molar-refractivity contribution in [2.24, 2.45) is 0 Å². The summed E-state index contributed by atoms with van der Waals surface area (Å²) in [5, 5.41) is 6.44. The van der Waals surface area contributed by atoms with E-state index in [2.05, 4.69) is 35.1 Å². The second kappa shape index (κ2) is 9.41. The van der Waals surface area contributed by atoms with Crippen LogP contribution in [0, 0.1) is 0 Å². The predicted molar refractivity (Wildman–Crippen MR) is 107 cm³/mol. The van der Waals surface area contributed by atoms with Crippen LogP contribution in [-0.4, -0.2) is 28.0 Å². The van der Waals surface area contributed by atoms with Gasteiger partial charge in [0.2, 0.25) is 5.91 Å². The van der Waals surface area contributed by atoms with Gasteiger partial charge in [-0.25, -0.2) is 4.98 Å². The SMILES string of the molecule is CC(NC(=O)[C@H]1CCCCN1)c1nc2ccccc2n1C(C)C.Cl.Cl. The van der Waals surface area contributed by atoms with E-state index < -0.39 is 0 Å². The Balaban J connectivity index is 0.00000156. The fourth-order valence-electron chi connectivity index (χ4n) is 3.37. The van der Waals surface area contributed by atoms with E-state index in [4.69, 9.17) is 4.98 Å². The summed E-state index contributed by atoms with van der Waals surface area (Å²) in [5.41, 5.74) is 2.10. The number of halogens is 2. The maximum atomic E-state index is 12.5. The van der Waals surface area contributed by atoms with Gasteiger partial charge in [-0.2, -0.15) is 0 Å². The van der Waals surface area contributed by atoms with Gasteiger partial charge in [-0.1, -0.05) is 18.6 Å². The van der Waals surface area contributed by atoms with Gasteiger partial charge in [-0.3, -0.25) is 4.79 Å².